The van der Waals surface area contributed by atoms with Crippen LogP contribution in [0.3, 0.4) is 0 Å². The van der Waals surface area contributed by atoms with E-state index in [-0.39, 0.29) is 48.4 Å². The Labute approximate surface area is 123 Å². The van der Waals surface area contributed by atoms with E-state index in [0.717, 1.165) is 5.56 Å². The summed E-state index contributed by atoms with van der Waals surface area (Å²) in [6, 6.07) is 9.05. The van der Waals surface area contributed by atoms with Crippen molar-refractivity contribution in [2.45, 2.75) is 6.42 Å². The van der Waals surface area contributed by atoms with Crippen molar-refractivity contribution in [3.8, 4) is 0 Å². The van der Waals surface area contributed by atoms with Crippen LogP contribution in [-0.4, -0.2) is 31.2 Å². The van der Waals surface area contributed by atoms with Crippen LogP contribution in [-0.2, 0) is 21.3 Å². The number of benzene rings is 1. The molecule has 0 unspecified atom stereocenters. The zero-order valence-corrected chi connectivity index (χ0v) is 12.4. The zero-order chi connectivity index (χ0) is 12.0. The van der Waals surface area contributed by atoms with Crippen molar-refractivity contribution >= 4 is 16.0 Å². The second-order valence-corrected chi connectivity index (χ2v) is 4.80. The predicted octanol–water partition coefficient (Wildman–Crippen LogP) is -3.11. The van der Waals surface area contributed by atoms with Crippen LogP contribution in [0.4, 0.5) is 0 Å². The van der Waals surface area contributed by atoms with Crippen LogP contribution in [0.15, 0.2) is 30.3 Å². The van der Waals surface area contributed by atoms with Crippen LogP contribution < -0.4 is 34.9 Å². The van der Waals surface area contributed by atoms with E-state index < -0.39 is 15.9 Å². The molecule has 1 aromatic rings. The fourth-order valence-corrected chi connectivity index (χ4v) is 1.51. The SMILES string of the molecule is O=C(Cc1ccccc1)NCCS(=O)(=O)[O-].[Na+]. The van der Waals surface area contributed by atoms with E-state index in [2.05, 4.69) is 5.32 Å². The maximum absolute atomic E-state index is 11.3. The second kappa shape index (κ2) is 7.84. The second-order valence-electron chi connectivity index (χ2n) is 3.27. The number of rotatable bonds is 5. The van der Waals surface area contributed by atoms with E-state index in [1.165, 1.54) is 0 Å². The number of carbonyl (C=O) groups excluding carboxylic acids is 1. The van der Waals surface area contributed by atoms with Gasteiger partial charge in [-0.05, 0) is 5.56 Å². The van der Waals surface area contributed by atoms with Crippen molar-refractivity contribution in [2.24, 2.45) is 0 Å². The molecule has 0 spiro atoms. The van der Waals surface area contributed by atoms with Gasteiger partial charge >= 0.3 is 29.6 Å². The molecular formula is C10H12NNaO4S. The first-order valence-corrected chi connectivity index (χ1v) is 6.29. The Hall–Kier alpha value is -0.400. The Bertz CT molecular complexity index is 447. The molecule has 17 heavy (non-hydrogen) atoms. The Kier molecular flexibility index (Phi) is 7.65. The molecule has 0 aliphatic heterocycles. The van der Waals surface area contributed by atoms with Crippen LogP contribution in [0.1, 0.15) is 5.56 Å². The van der Waals surface area contributed by atoms with Gasteiger partial charge in [-0.25, -0.2) is 8.42 Å². The summed E-state index contributed by atoms with van der Waals surface area (Å²) < 4.78 is 30.8. The Balaban J connectivity index is 0.00000256. The van der Waals surface area contributed by atoms with Crippen molar-refractivity contribution < 1.29 is 47.3 Å². The van der Waals surface area contributed by atoms with Crippen molar-refractivity contribution in [1.82, 2.24) is 5.32 Å². The zero-order valence-electron chi connectivity index (χ0n) is 9.55. The molecule has 0 saturated heterocycles. The summed E-state index contributed by atoms with van der Waals surface area (Å²) in [5.41, 5.74) is 0.838. The summed E-state index contributed by atoms with van der Waals surface area (Å²) in [4.78, 5) is 11.3. The van der Waals surface area contributed by atoms with Gasteiger partial charge in [0.25, 0.3) is 0 Å². The minimum atomic E-state index is -4.26. The van der Waals surface area contributed by atoms with E-state index >= 15 is 0 Å². The van der Waals surface area contributed by atoms with Gasteiger partial charge in [0, 0.05) is 6.54 Å². The molecule has 0 atom stereocenters. The van der Waals surface area contributed by atoms with Gasteiger partial charge in [0.05, 0.1) is 22.3 Å². The van der Waals surface area contributed by atoms with Crippen molar-refractivity contribution in [3.63, 3.8) is 0 Å². The van der Waals surface area contributed by atoms with E-state index in [1.807, 2.05) is 18.2 Å². The molecule has 0 bridgehead atoms. The number of carbonyl (C=O) groups is 1. The molecule has 0 aliphatic rings. The minimum absolute atomic E-state index is 0. The maximum atomic E-state index is 11.3. The molecule has 1 aromatic carbocycles. The monoisotopic (exact) mass is 265 g/mol. The largest absolute Gasteiger partial charge is 1.00 e. The molecule has 5 nitrogen and oxygen atoms in total. The normalized spacial score (nSPS) is 10.4. The van der Waals surface area contributed by atoms with Gasteiger partial charge in [-0.15, -0.1) is 0 Å². The van der Waals surface area contributed by atoms with Gasteiger partial charge in [0.1, 0.15) is 0 Å². The van der Waals surface area contributed by atoms with Gasteiger partial charge in [-0.1, -0.05) is 30.3 Å². The third kappa shape index (κ3) is 8.34. The molecule has 0 radical (unpaired) electrons. The Morgan fingerprint density at radius 1 is 1.24 bits per heavy atom. The molecule has 0 aliphatic carbocycles. The quantitative estimate of drug-likeness (QED) is 0.451. The van der Waals surface area contributed by atoms with Crippen molar-refractivity contribution in [1.29, 1.82) is 0 Å². The Morgan fingerprint density at radius 3 is 2.35 bits per heavy atom. The maximum Gasteiger partial charge on any atom is 1.00 e. The van der Waals surface area contributed by atoms with Gasteiger partial charge in [0.2, 0.25) is 5.91 Å². The molecule has 0 heterocycles. The fourth-order valence-electron chi connectivity index (χ4n) is 1.16. The predicted molar refractivity (Wildman–Crippen MR) is 57.7 cm³/mol. The van der Waals surface area contributed by atoms with E-state index in [4.69, 9.17) is 0 Å². The smallest absolute Gasteiger partial charge is 0.748 e. The first kappa shape index (κ1) is 16.6. The fraction of sp³-hybridized carbons (Fsp3) is 0.300. The summed E-state index contributed by atoms with van der Waals surface area (Å²) in [7, 11) is -4.26. The average molecular weight is 265 g/mol. The first-order valence-electron chi connectivity index (χ1n) is 4.71. The number of hydrogen-bond acceptors (Lipinski definition) is 4. The van der Waals surface area contributed by atoms with Crippen LogP contribution >= 0.6 is 0 Å². The van der Waals surface area contributed by atoms with Crippen LogP contribution in [0.2, 0.25) is 0 Å². The molecule has 0 saturated carbocycles. The van der Waals surface area contributed by atoms with Gasteiger partial charge < -0.3 is 9.87 Å². The molecule has 1 amide bonds. The number of amides is 1. The van der Waals surface area contributed by atoms with Gasteiger partial charge in [-0.2, -0.15) is 0 Å². The van der Waals surface area contributed by atoms with Gasteiger partial charge in [0.15, 0.2) is 0 Å². The summed E-state index contributed by atoms with van der Waals surface area (Å²) in [5.74, 6) is -0.872. The molecule has 1 rings (SSSR count). The molecule has 88 valence electrons. The minimum Gasteiger partial charge on any atom is -0.748 e. The van der Waals surface area contributed by atoms with Crippen molar-refractivity contribution in [3.05, 3.63) is 35.9 Å². The number of nitrogens with one attached hydrogen (secondary N) is 1. The molecular weight excluding hydrogens is 253 g/mol. The first-order chi connectivity index (χ1) is 7.47. The van der Waals surface area contributed by atoms with E-state index in [1.54, 1.807) is 12.1 Å². The van der Waals surface area contributed by atoms with Crippen LogP contribution in [0, 0.1) is 0 Å². The third-order valence-corrected chi connectivity index (χ3v) is 2.59. The number of hydrogen-bond donors (Lipinski definition) is 1. The van der Waals surface area contributed by atoms with Crippen LogP contribution in [0.25, 0.3) is 0 Å². The average Bonchev–Trinajstić information content (AvgIpc) is 2.17. The summed E-state index contributed by atoms with van der Waals surface area (Å²) in [6.45, 7) is -0.141. The molecule has 0 fully saturated rings. The topological polar surface area (TPSA) is 86.3 Å². The molecule has 7 heteroatoms. The third-order valence-electron chi connectivity index (χ3n) is 1.88. The molecule has 1 N–H and O–H groups in total. The van der Waals surface area contributed by atoms with Gasteiger partial charge in [-0.3, -0.25) is 4.79 Å². The summed E-state index contributed by atoms with van der Waals surface area (Å²) >= 11 is 0. The summed E-state index contributed by atoms with van der Waals surface area (Å²) in [6.07, 6.45) is 0.180. The molecule has 0 aromatic heterocycles. The summed E-state index contributed by atoms with van der Waals surface area (Å²) in [5, 5.41) is 2.37. The van der Waals surface area contributed by atoms with E-state index in [9.17, 15) is 17.8 Å². The Morgan fingerprint density at radius 2 is 1.82 bits per heavy atom. The standard InChI is InChI=1S/C10H13NO4S.Na/c12-10(11-6-7-16(13,14)15)8-9-4-2-1-3-5-9;/h1-5H,6-8H2,(H,11,12)(H,13,14,15);/q;+1/p-1. The van der Waals surface area contributed by atoms with Crippen molar-refractivity contribution in [2.75, 3.05) is 12.3 Å². The van der Waals surface area contributed by atoms with Crippen LogP contribution in [0.5, 0.6) is 0 Å². The van der Waals surface area contributed by atoms with E-state index in [0.29, 0.717) is 0 Å².